The zero-order valence-electron chi connectivity index (χ0n) is 18.0. The van der Waals surface area contributed by atoms with Crippen LogP contribution in [0.25, 0.3) is 0 Å². The summed E-state index contributed by atoms with van der Waals surface area (Å²) in [4.78, 5) is 15.3. The Labute approximate surface area is 184 Å². The van der Waals surface area contributed by atoms with E-state index in [4.69, 9.17) is 0 Å². The lowest BCUT2D eigenvalue weighted by Gasteiger charge is -2.31. The minimum absolute atomic E-state index is 0.0994. The summed E-state index contributed by atoms with van der Waals surface area (Å²) in [5.41, 5.74) is 5.36. The van der Waals surface area contributed by atoms with Crippen molar-refractivity contribution >= 4 is 27.3 Å². The van der Waals surface area contributed by atoms with E-state index in [1.165, 1.54) is 34.6 Å². The number of para-hydroxylation sites is 1. The van der Waals surface area contributed by atoms with E-state index in [9.17, 15) is 13.2 Å². The van der Waals surface area contributed by atoms with Crippen LogP contribution in [0.1, 0.15) is 33.5 Å². The van der Waals surface area contributed by atoms with Crippen LogP contribution in [0.3, 0.4) is 0 Å². The molecule has 3 aromatic carbocycles. The first-order chi connectivity index (χ1) is 14.8. The number of carbonyl (C=O) groups excluding carboxylic acids is 1. The lowest BCUT2D eigenvalue weighted by Crippen LogP contribution is -2.36. The summed E-state index contributed by atoms with van der Waals surface area (Å²) in [6.07, 6.45) is 1.83. The number of rotatable bonds is 4. The van der Waals surface area contributed by atoms with E-state index in [2.05, 4.69) is 13.0 Å². The molecular weight excluding hydrogens is 408 g/mol. The van der Waals surface area contributed by atoms with Crippen LogP contribution < -0.4 is 9.21 Å². The highest BCUT2D eigenvalue weighted by molar-refractivity contribution is 7.92. The normalized spacial score (nSPS) is 13.6. The monoisotopic (exact) mass is 434 g/mol. The van der Waals surface area contributed by atoms with Crippen LogP contribution in [0, 0.1) is 13.8 Å². The first kappa shape index (κ1) is 21.1. The summed E-state index contributed by atoms with van der Waals surface area (Å²) in [6, 6.07) is 19.4. The SMILES string of the molecule is Cc1cc(C)c2c(c1)N(C(=O)c1cccc(S(=O)(=O)N(C)c3ccccc3)c1)CCC2. The molecule has 0 atom stereocenters. The molecule has 4 rings (SSSR count). The second-order valence-electron chi connectivity index (χ2n) is 7.98. The van der Waals surface area contributed by atoms with Crippen LogP contribution in [-0.2, 0) is 16.4 Å². The Morgan fingerprint density at radius 2 is 1.71 bits per heavy atom. The van der Waals surface area contributed by atoms with Crippen molar-refractivity contribution in [1.82, 2.24) is 0 Å². The Kier molecular flexibility index (Phi) is 5.58. The number of hydrogen-bond donors (Lipinski definition) is 0. The number of carbonyl (C=O) groups is 1. The molecule has 0 N–H and O–H groups in total. The van der Waals surface area contributed by atoms with Crippen LogP contribution in [0.15, 0.2) is 71.6 Å². The zero-order valence-corrected chi connectivity index (χ0v) is 18.8. The maximum Gasteiger partial charge on any atom is 0.264 e. The van der Waals surface area contributed by atoms with Gasteiger partial charge in [0.25, 0.3) is 15.9 Å². The first-order valence-electron chi connectivity index (χ1n) is 10.3. The molecular formula is C25H26N2O3S. The molecule has 0 spiro atoms. The fourth-order valence-electron chi connectivity index (χ4n) is 4.17. The molecule has 0 radical (unpaired) electrons. The van der Waals surface area contributed by atoms with Gasteiger partial charge in [-0.3, -0.25) is 9.10 Å². The predicted octanol–water partition coefficient (Wildman–Crippen LogP) is 4.72. The Bertz CT molecular complexity index is 1240. The highest BCUT2D eigenvalue weighted by Crippen LogP contribution is 2.32. The Morgan fingerprint density at radius 1 is 0.968 bits per heavy atom. The molecule has 0 bridgehead atoms. The van der Waals surface area contributed by atoms with E-state index in [1.807, 2.05) is 19.1 Å². The van der Waals surface area contributed by atoms with E-state index in [0.717, 1.165) is 24.1 Å². The van der Waals surface area contributed by atoms with E-state index in [1.54, 1.807) is 41.3 Å². The summed E-state index contributed by atoms with van der Waals surface area (Å²) < 4.78 is 27.6. The number of hydrogen-bond acceptors (Lipinski definition) is 3. The largest absolute Gasteiger partial charge is 0.308 e. The van der Waals surface area contributed by atoms with Crippen LogP contribution in [0.4, 0.5) is 11.4 Å². The molecule has 0 saturated heterocycles. The van der Waals surface area contributed by atoms with E-state index >= 15 is 0 Å². The van der Waals surface area contributed by atoms with Crippen LogP contribution in [-0.4, -0.2) is 27.9 Å². The number of anilines is 2. The zero-order chi connectivity index (χ0) is 22.2. The molecule has 0 unspecified atom stereocenters. The summed E-state index contributed by atoms with van der Waals surface area (Å²) in [5.74, 6) is -0.176. The van der Waals surface area contributed by atoms with Crippen molar-refractivity contribution in [3.05, 3.63) is 89.0 Å². The molecule has 3 aromatic rings. The van der Waals surface area contributed by atoms with Gasteiger partial charge in [0.15, 0.2) is 0 Å². The average Bonchev–Trinajstić information content (AvgIpc) is 2.78. The number of fused-ring (bicyclic) bond motifs is 1. The standard InChI is InChI=1S/C25H26N2O3S/c1-18-15-19(2)23-13-8-14-27(24(23)16-18)25(28)20-9-7-12-22(17-20)31(29,30)26(3)21-10-5-4-6-11-21/h4-7,9-12,15-17H,8,13-14H2,1-3H3. The highest BCUT2D eigenvalue weighted by atomic mass is 32.2. The fraction of sp³-hybridized carbons (Fsp3) is 0.240. The first-order valence-corrected chi connectivity index (χ1v) is 11.8. The molecule has 160 valence electrons. The van der Waals surface area contributed by atoms with Gasteiger partial charge in [-0.05, 0) is 79.8 Å². The minimum Gasteiger partial charge on any atom is -0.308 e. The third kappa shape index (κ3) is 3.95. The topological polar surface area (TPSA) is 57.7 Å². The molecule has 0 fully saturated rings. The minimum atomic E-state index is -3.79. The average molecular weight is 435 g/mol. The van der Waals surface area contributed by atoms with Gasteiger partial charge in [-0.1, -0.05) is 30.3 Å². The van der Waals surface area contributed by atoms with Crippen molar-refractivity contribution in [1.29, 1.82) is 0 Å². The smallest absolute Gasteiger partial charge is 0.264 e. The number of aryl methyl sites for hydroxylation is 2. The second kappa shape index (κ2) is 8.19. The van der Waals surface area contributed by atoms with Crippen molar-refractivity contribution in [2.75, 3.05) is 22.8 Å². The van der Waals surface area contributed by atoms with Crippen molar-refractivity contribution in [2.45, 2.75) is 31.6 Å². The summed E-state index contributed by atoms with van der Waals surface area (Å²) in [6.45, 7) is 4.72. The van der Waals surface area contributed by atoms with Crippen molar-refractivity contribution < 1.29 is 13.2 Å². The third-order valence-electron chi connectivity index (χ3n) is 5.80. The molecule has 31 heavy (non-hydrogen) atoms. The maximum absolute atomic E-state index is 13.4. The molecule has 6 heteroatoms. The predicted molar refractivity (Wildman–Crippen MR) is 124 cm³/mol. The van der Waals surface area contributed by atoms with Crippen molar-refractivity contribution in [3.63, 3.8) is 0 Å². The van der Waals surface area contributed by atoms with Crippen LogP contribution >= 0.6 is 0 Å². The van der Waals surface area contributed by atoms with Gasteiger partial charge in [0.05, 0.1) is 10.6 Å². The van der Waals surface area contributed by atoms with Gasteiger partial charge in [-0.2, -0.15) is 0 Å². The molecule has 1 amide bonds. The Hall–Kier alpha value is -3.12. The Morgan fingerprint density at radius 3 is 2.45 bits per heavy atom. The quantitative estimate of drug-likeness (QED) is 0.597. The van der Waals surface area contributed by atoms with Gasteiger partial charge in [-0.15, -0.1) is 0 Å². The highest BCUT2D eigenvalue weighted by Gasteiger charge is 2.27. The van der Waals surface area contributed by atoms with Gasteiger partial charge in [0.2, 0.25) is 0 Å². The Balaban J connectivity index is 1.69. The van der Waals surface area contributed by atoms with Crippen molar-refractivity contribution in [3.8, 4) is 0 Å². The third-order valence-corrected chi connectivity index (χ3v) is 7.58. The van der Waals surface area contributed by atoms with E-state index < -0.39 is 10.0 Å². The van der Waals surface area contributed by atoms with Gasteiger partial charge >= 0.3 is 0 Å². The van der Waals surface area contributed by atoms with Gasteiger partial charge in [0.1, 0.15) is 0 Å². The van der Waals surface area contributed by atoms with Crippen LogP contribution in [0.2, 0.25) is 0 Å². The number of benzene rings is 3. The van der Waals surface area contributed by atoms with E-state index in [-0.39, 0.29) is 10.8 Å². The van der Waals surface area contributed by atoms with Crippen LogP contribution in [0.5, 0.6) is 0 Å². The van der Waals surface area contributed by atoms with Gasteiger partial charge in [-0.25, -0.2) is 8.42 Å². The summed E-state index contributed by atoms with van der Waals surface area (Å²) >= 11 is 0. The van der Waals surface area contributed by atoms with Gasteiger partial charge < -0.3 is 4.90 Å². The molecule has 1 aliphatic heterocycles. The lowest BCUT2D eigenvalue weighted by molar-refractivity contribution is 0.0985. The molecule has 0 saturated carbocycles. The van der Waals surface area contributed by atoms with Crippen molar-refractivity contribution in [2.24, 2.45) is 0 Å². The molecule has 5 nitrogen and oxygen atoms in total. The number of amides is 1. The molecule has 0 aromatic heterocycles. The summed E-state index contributed by atoms with van der Waals surface area (Å²) in [7, 11) is -2.27. The summed E-state index contributed by atoms with van der Waals surface area (Å²) in [5, 5.41) is 0. The maximum atomic E-state index is 13.4. The molecule has 0 aliphatic carbocycles. The fourth-order valence-corrected chi connectivity index (χ4v) is 5.41. The number of sulfonamides is 1. The second-order valence-corrected chi connectivity index (χ2v) is 9.95. The van der Waals surface area contributed by atoms with Gasteiger partial charge in [0, 0.05) is 24.8 Å². The lowest BCUT2D eigenvalue weighted by atomic mass is 9.94. The molecule has 1 heterocycles. The molecule has 1 aliphatic rings. The van der Waals surface area contributed by atoms with E-state index in [0.29, 0.717) is 17.8 Å². The number of nitrogens with zero attached hydrogens (tertiary/aromatic N) is 2.